The zero-order valence-electron chi connectivity index (χ0n) is 10.4. The van der Waals surface area contributed by atoms with Crippen molar-refractivity contribution in [2.45, 2.75) is 6.54 Å². The average Bonchev–Trinajstić information content (AvgIpc) is 2.66. The maximum absolute atomic E-state index is 13.7. The highest BCUT2D eigenvalue weighted by Gasteiger charge is 2.38. The lowest BCUT2D eigenvalue weighted by Crippen LogP contribution is -2.29. The van der Waals surface area contributed by atoms with Gasteiger partial charge in [-0.1, -0.05) is 0 Å². The molecule has 106 valence electrons. The molecule has 3 rings (SSSR count). The largest absolute Gasteiger partial charge is 0.299 e. The number of rotatable bonds is 2. The summed E-state index contributed by atoms with van der Waals surface area (Å²) in [7, 11) is 0. The molecule has 0 saturated heterocycles. The number of Topliss-reactive ketones (excluding diaryl/α,β-unsaturated/α-hetero) is 1. The highest BCUT2D eigenvalue weighted by molar-refractivity contribution is 9.10. The van der Waals surface area contributed by atoms with Gasteiger partial charge >= 0.3 is 0 Å². The van der Waals surface area contributed by atoms with Crippen molar-refractivity contribution >= 4 is 33.3 Å². The van der Waals surface area contributed by atoms with Gasteiger partial charge in [0.1, 0.15) is 11.6 Å². The Balaban J connectivity index is 2.03. The maximum Gasteiger partial charge on any atom is 0.299 e. The zero-order chi connectivity index (χ0) is 15.1. The van der Waals surface area contributed by atoms with Crippen LogP contribution in [-0.2, 0) is 11.3 Å². The van der Waals surface area contributed by atoms with E-state index in [-0.39, 0.29) is 12.2 Å². The van der Waals surface area contributed by atoms with Crippen molar-refractivity contribution in [2.24, 2.45) is 0 Å². The van der Waals surface area contributed by atoms with Crippen LogP contribution in [0.15, 0.2) is 34.9 Å². The van der Waals surface area contributed by atoms with Gasteiger partial charge < -0.3 is 0 Å². The molecule has 0 radical (unpaired) electrons. The van der Waals surface area contributed by atoms with Crippen molar-refractivity contribution in [3.63, 3.8) is 0 Å². The fourth-order valence-corrected chi connectivity index (χ4v) is 2.39. The Bertz CT molecular complexity index is 762. The molecule has 7 heteroatoms. The third-order valence-electron chi connectivity index (χ3n) is 3.10. The highest BCUT2D eigenvalue weighted by atomic mass is 79.9. The van der Waals surface area contributed by atoms with Crippen LogP contribution in [0.25, 0.3) is 0 Å². The van der Waals surface area contributed by atoms with E-state index >= 15 is 0 Å². The smallest absolute Gasteiger partial charge is 0.299 e. The Kier molecular flexibility index (Phi) is 3.29. The molecule has 0 atom stereocenters. The SMILES string of the molecule is O=C1C(=O)N(Cc2ccc(Br)cn2)c2cc(F)cc(F)c21. The van der Waals surface area contributed by atoms with Gasteiger partial charge in [0.25, 0.3) is 11.7 Å². The van der Waals surface area contributed by atoms with Crippen LogP contribution in [-0.4, -0.2) is 16.7 Å². The van der Waals surface area contributed by atoms with Crippen molar-refractivity contribution in [1.29, 1.82) is 0 Å². The molecule has 0 spiro atoms. The van der Waals surface area contributed by atoms with E-state index in [1.807, 2.05) is 0 Å². The van der Waals surface area contributed by atoms with Gasteiger partial charge in [0, 0.05) is 16.7 Å². The Hall–Kier alpha value is -2.15. The lowest BCUT2D eigenvalue weighted by atomic mass is 10.1. The fraction of sp³-hybridized carbons (Fsp3) is 0.0714. The van der Waals surface area contributed by atoms with Crippen LogP contribution in [0.3, 0.4) is 0 Å². The summed E-state index contributed by atoms with van der Waals surface area (Å²) in [6.07, 6.45) is 1.53. The Morgan fingerprint density at radius 3 is 2.62 bits per heavy atom. The van der Waals surface area contributed by atoms with E-state index < -0.39 is 28.9 Å². The van der Waals surface area contributed by atoms with Crippen LogP contribution in [0.4, 0.5) is 14.5 Å². The van der Waals surface area contributed by atoms with Gasteiger partial charge in [-0.3, -0.25) is 19.5 Å². The quantitative estimate of drug-likeness (QED) is 0.781. The van der Waals surface area contributed by atoms with E-state index in [1.54, 1.807) is 12.1 Å². The number of carbonyl (C=O) groups is 2. The number of nitrogens with zero attached hydrogens (tertiary/aromatic N) is 2. The Morgan fingerprint density at radius 1 is 1.19 bits per heavy atom. The van der Waals surface area contributed by atoms with E-state index in [0.717, 1.165) is 15.4 Å². The summed E-state index contributed by atoms with van der Waals surface area (Å²) in [6.45, 7) is -0.0340. The molecule has 0 N–H and O–H groups in total. The van der Waals surface area contributed by atoms with Crippen LogP contribution in [0.1, 0.15) is 16.1 Å². The summed E-state index contributed by atoms with van der Waals surface area (Å²) in [5.74, 6) is -3.74. The molecule has 4 nitrogen and oxygen atoms in total. The normalized spacial score (nSPS) is 13.8. The van der Waals surface area contributed by atoms with Gasteiger partial charge in [0.05, 0.1) is 23.5 Å². The van der Waals surface area contributed by atoms with Crippen LogP contribution in [0.2, 0.25) is 0 Å². The van der Waals surface area contributed by atoms with Crippen LogP contribution >= 0.6 is 15.9 Å². The number of fused-ring (bicyclic) bond motifs is 1. The van der Waals surface area contributed by atoms with Gasteiger partial charge in [0.15, 0.2) is 0 Å². The predicted octanol–water partition coefficient (Wildman–Crippen LogP) is 2.85. The monoisotopic (exact) mass is 352 g/mol. The number of aromatic nitrogens is 1. The molecule has 2 aromatic rings. The molecular formula is C14H7BrF2N2O2. The maximum atomic E-state index is 13.7. The molecule has 1 aliphatic rings. The molecule has 1 aromatic heterocycles. The summed E-state index contributed by atoms with van der Waals surface area (Å²) in [5.41, 5.74) is 0.0441. The van der Waals surface area contributed by atoms with Crippen LogP contribution in [0.5, 0.6) is 0 Å². The third kappa shape index (κ3) is 2.33. The van der Waals surface area contributed by atoms with Gasteiger partial charge in [-0.05, 0) is 34.1 Å². The fourth-order valence-electron chi connectivity index (χ4n) is 2.16. The first-order valence-corrected chi connectivity index (χ1v) is 6.72. The van der Waals surface area contributed by atoms with E-state index in [0.29, 0.717) is 11.8 Å². The first kappa shape index (κ1) is 13.8. The van der Waals surface area contributed by atoms with E-state index in [1.165, 1.54) is 6.20 Å². The number of benzene rings is 1. The van der Waals surface area contributed by atoms with Crippen molar-refractivity contribution < 1.29 is 18.4 Å². The lowest BCUT2D eigenvalue weighted by Gasteiger charge is -2.16. The minimum Gasteiger partial charge on any atom is -0.299 e. The Labute approximate surface area is 126 Å². The first-order valence-electron chi connectivity index (χ1n) is 5.93. The molecule has 21 heavy (non-hydrogen) atoms. The number of anilines is 1. The summed E-state index contributed by atoms with van der Waals surface area (Å²) in [5, 5.41) is 0. The molecule has 1 aliphatic heterocycles. The molecule has 0 aliphatic carbocycles. The zero-order valence-corrected chi connectivity index (χ0v) is 12.0. The van der Waals surface area contributed by atoms with E-state index in [4.69, 9.17) is 0 Å². The third-order valence-corrected chi connectivity index (χ3v) is 3.57. The van der Waals surface area contributed by atoms with Crippen molar-refractivity contribution in [1.82, 2.24) is 4.98 Å². The number of hydrogen-bond donors (Lipinski definition) is 0. The van der Waals surface area contributed by atoms with Crippen LogP contribution < -0.4 is 4.90 Å². The minimum absolute atomic E-state index is 0.0340. The van der Waals surface area contributed by atoms with E-state index in [2.05, 4.69) is 20.9 Å². The molecule has 1 aromatic carbocycles. The molecule has 0 bridgehead atoms. The van der Waals surface area contributed by atoms with Crippen molar-refractivity contribution in [3.8, 4) is 0 Å². The number of amides is 1. The molecule has 0 fully saturated rings. The second-order valence-corrected chi connectivity index (χ2v) is 5.39. The topological polar surface area (TPSA) is 50.3 Å². The van der Waals surface area contributed by atoms with Crippen molar-refractivity contribution in [3.05, 3.63) is 57.8 Å². The second kappa shape index (κ2) is 5.00. The molecule has 0 saturated carbocycles. The first-order chi connectivity index (χ1) is 9.97. The lowest BCUT2D eigenvalue weighted by molar-refractivity contribution is -0.114. The van der Waals surface area contributed by atoms with Crippen molar-refractivity contribution in [2.75, 3.05) is 4.90 Å². The van der Waals surface area contributed by atoms with Crippen LogP contribution in [0, 0.1) is 11.6 Å². The summed E-state index contributed by atoms with van der Waals surface area (Å²) in [6, 6.07) is 4.93. The average molecular weight is 353 g/mol. The van der Waals surface area contributed by atoms with E-state index in [9.17, 15) is 18.4 Å². The summed E-state index contributed by atoms with van der Waals surface area (Å²) >= 11 is 3.23. The highest BCUT2D eigenvalue weighted by Crippen LogP contribution is 2.33. The predicted molar refractivity (Wildman–Crippen MR) is 73.8 cm³/mol. The summed E-state index contributed by atoms with van der Waals surface area (Å²) < 4.78 is 27.8. The van der Waals surface area contributed by atoms with Gasteiger partial charge in [0.2, 0.25) is 0 Å². The number of ketones is 1. The number of halogens is 3. The number of hydrogen-bond acceptors (Lipinski definition) is 3. The second-order valence-electron chi connectivity index (χ2n) is 4.47. The number of carbonyl (C=O) groups excluding carboxylic acids is 2. The molecule has 1 amide bonds. The van der Waals surface area contributed by atoms with Gasteiger partial charge in [-0.15, -0.1) is 0 Å². The summed E-state index contributed by atoms with van der Waals surface area (Å²) in [4.78, 5) is 28.9. The standard InChI is InChI=1S/C14H7BrF2N2O2/c15-7-1-2-9(18-5-7)6-19-11-4-8(16)3-10(17)12(11)13(20)14(19)21/h1-5H,6H2. The number of pyridine rings is 1. The van der Waals surface area contributed by atoms with Gasteiger partial charge in [-0.2, -0.15) is 0 Å². The minimum atomic E-state index is -1.03. The molecule has 0 unspecified atom stereocenters. The Morgan fingerprint density at radius 2 is 1.95 bits per heavy atom. The van der Waals surface area contributed by atoms with Gasteiger partial charge in [-0.25, -0.2) is 8.78 Å². The molecule has 2 heterocycles. The molecular weight excluding hydrogens is 346 g/mol.